The highest BCUT2D eigenvalue weighted by Crippen LogP contribution is 2.28. The standard InChI is InChI=1S/C15H11F3N4/c1-9-20-11(7-10-5-3-2-4-6-10)13-14(21-9)19-8-12(22-13)15(16,17)18/h2-6,8H,7H2,1H3. The average Bonchev–Trinajstić information content (AvgIpc) is 2.46. The van der Waals surface area contributed by atoms with Gasteiger partial charge in [0.15, 0.2) is 11.3 Å². The van der Waals surface area contributed by atoms with Gasteiger partial charge in [0.05, 0.1) is 11.9 Å². The Kier molecular flexibility index (Phi) is 3.48. The largest absolute Gasteiger partial charge is 0.434 e. The Labute approximate surface area is 124 Å². The molecule has 0 aliphatic rings. The molecule has 0 radical (unpaired) electrons. The molecule has 0 spiro atoms. The molecule has 2 aromatic heterocycles. The molecule has 0 saturated heterocycles. The van der Waals surface area contributed by atoms with E-state index in [0.717, 1.165) is 5.56 Å². The Hall–Kier alpha value is -2.57. The predicted molar refractivity (Wildman–Crippen MR) is 74.1 cm³/mol. The molecule has 0 N–H and O–H groups in total. The molecule has 3 aromatic rings. The second-order valence-corrected chi connectivity index (χ2v) is 4.81. The van der Waals surface area contributed by atoms with Crippen LogP contribution in [-0.4, -0.2) is 19.9 Å². The van der Waals surface area contributed by atoms with E-state index in [1.165, 1.54) is 0 Å². The summed E-state index contributed by atoms with van der Waals surface area (Å²) in [4.78, 5) is 15.7. The number of hydrogen-bond donors (Lipinski definition) is 0. The van der Waals surface area contributed by atoms with Crippen LogP contribution < -0.4 is 0 Å². The number of aromatic nitrogens is 4. The van der Waals surface area contributed by atoms with E-state index in [0.29, 0.717) is 24.1 Å². The van der Waals surface area contributed by atoms with Gasteiger partial charge in [-0.3, -0.25) is 0 Å². The Morgan fingerprint density at radius 2 is 1.73 bits per heavy atom. The van der Waals surface area contributed by atoms with Crippen LogP contribution in [0.1, 0.15) is 22.8 Å². The molecule has 0 aliphatic heterocycles. The van der Waals surface area contributed by atoms with Gasteiger partial charge in [0.2, 0.25) is 0 Å². The summed E-state index contributed by atoms with van der Waals surface area (Å²) >= 11 is 0. The molecule has 22 heavy (non-hydrogen) atoms. The number of fused-ring (bicyclic) bond motifs is 1. The SMILES string of the molecule is Cc1nc(Cc2ccccc2)c2nc(C(F)(F)F)cnc2n1. The molecule has 3 rings (SSSR count). The molecule has 4 nitrogen and oxygen atoms in total. The Morgan fingerprint density at radius 1 is 1.00 bits per heavy atom. The number of hydrogen-bond acceptors (Lipinski definition) is 4. The lowest BCUT2D eigenvalue weighted by Crippen LogP contribution is -2.11. The van der Waals surface area contributed by atoms with E-state index < -0.39 is 11.9 Å². The topological polar surface area (TPSA) is 51.6 Å². The first-order chi connectivity index (χ1) is 10.4. The third-order valence-electron chi connectivity index (χ3n) is 3.10. The first-order valence-corrected chi connectivity index (χ1v) is 6.55. The van der Waals surface area contributed by atoms with Crippen molar-refractivity contribution in [3.05, 3.63) is 59.3 Å². The quantitative estimate of drug-likeness (QED) is 0.728. The molecule has 7 heteroatoms. The van der Waals surface area contributed by atoms with Crippen molar-refractivity contribution in [2.45, 2.75) is 19.5 Å². The van der Waals surface area contributed by atoms with Gasteiger partial charge in [-0.15, -0.1) is 0 Å². The molecular formula is C15H11F3N4. The molecule has 2 heterocycles. The van der Waals surface area contributed by atoms with Crippen LogP contribution in [0, 0.1) is 6.92 Å². The van der Waals surface area contributed by atoms with Crippen molar-refractivity contribution in [2.24, 2.45) is 0 Å². The van der Waals surface area contributed by atoms with Crippen LogP contribution in [0.25, 0.3) is 11.2 Å². The molecule has 0 atom stereocenters. The van der Waals surface area contributed by atoms with Crippen LogP contribution in [0.2, 0.25) is 0 Å². The minimum atomic E-state index is -4.55. The normalized spacial score (nSPS) is 11.8. The van der Waals surface area contributed by atoms with Crippen LogP contribution in [-0.2, 0) is 12.6 Å². The number of nitrogens with zero attached hydrogens (tertiary/aromatic N) is 4. The van der Waals surface area contributed by atoms with E-state index in [9.17, 15) is 13.2 Å². The average molecular weight is 304 g/mol. The fraction of sp³-hybridized carbons (Fsp3) is 0.200. The number of halogens is 3. The molecular weight excluding hydrogens is 293 g/mol. The highest BCUT2D eigenvalue weighted by atomic mass is 19.4. The van der Waals surface area contributed by atoms with Crippen molar-refractivity contribution < 1.29 is 13.2 Å². The van der Waals surface area contributed by atoms with E-state index >= 15 is 0 Å². The lowest BCUT2D eigenvalue weighted by molar-refractivity contribution is -0.141. The molecule has 0 bridgehead atoms. The fourth-order valence-electron chi connectivity index (χ4n) is 2.13. The highest BCUT2D eigenvalue weighted by molar-refractivity contribution is 5.72. The minimum Gasteiger partial charge on any atom is -0.236 e. The Morgan fingerprint density at radius 3 is 2.41 bits per heavy atom. The molecule has 0 aliphatic carbocycles. The number of benzene rings is 1. The van der Waals surface area contributed by atoms with Crippen molar-refractivity contribution in [3.8, 4) is 0 Å². The minimum absolute atomic E-state index is 0.0873. The van der Waals surface area contributed by atoms with Gasteiger partial charge < -0.3 is 0 Å². The monoisotopic (exact) mass is 304 g/mol. The van der Waals surface area contributed by atoms with Crippen LogP contribution >= 0.6 is 0 Å². The number of rotatable bonds is 2. The molecule has 112 valence electrons. The van der Waals surface area contributed by atoms with E-state index in [4.69, 9.17) is 0 Å². The fourth-order valence-corrected chi connectivity index (χ4v) is 2.13. The first-order valence-electron chi connectivity index (χ1n) is 6.55. The summed E-state index contributed by atoms with van der Waals surface area (Å²) in [5.74, 6) is 0.451. The van der Waals surface area contributed by atoms with Gasteiger partial charge in [-0.2, -0.15) is 13.2 Å². The van der Waals surface area contributed by atoms with Gasteiger partial charge in [0.25, 0.3) is 0 Å². The summed E-state index contributed by atoms with van der Waals surface area (Å²) in [6.07, 6.45) is -3.48. The van der Waals surface area contributed by atoms with Gasteiger partial charge in [-0.1, -0.05) is 30.3 Å². The highest BCUT2D eigenvalue weighted by Gasteiger charge is 2.33. The lowest BCUT2D eigenvalue weighted by atomic mass is 10.1. The predicted octanol–water partition coefficient (Wildman–Crippen LogP) is 3.34. The first kappa shape index (κ1) is 14.4. The zero-order valence-corrected chi connectivity index (χ0v) is 11.6. The van der Waals surface area contributed by atoms with E-state index in [-0.39, 0.29) is 11.2 Å². The summed E-state index contributed by atoms with van der Waals surface area (Å²) in [5.41, 5.74) is 0.589. The lowest BCUT2D eigenvalue weighted by Gasteiger charge is -2.09. The summed E-state index contributed by atoms with van der Waals surface area (Å²) in [6, 6.07) is 9.35. The number of alkyl halides is 3. The van der Waals surface area contributed by atoms with Gasteiger partial charge in [-0.05, 0) is 12.5 Å². The maximum absolute atomic E-state index is 12.8. The molecule has 1 aromatic carbocycles. The Balaban J connectivity index is 2.15. The summed E-state index contributed by atoms with van der Waals surface area (Å²) < 4.78 is 38.4. The summed E-state index contributed by atoms with van der Waals surface area (Å²) in [7, 11) is 0. The van der Waals surface area contributed by atoms with E-state index in [1.807, 2.05) is 30.3 Å². The van der Waals surface area contributed by atoms with Gasteiger partial charge in [0.1, 0.15) is 11.3 Å². The van der Waals surface area contributed by atoms with Crippen LogP contribution in [0.5, 0.6) is 0 Å². The smallest absolute Gasteiger partial charge is 0.236 e. The Bertz CT molecular complexity index is 816. The molecule has 0 amide bonds. The van der Waals surface area contributed by atoms with Gasteiger partial charge in [-0.25, -0.2) is 19.9 Å². The third kappa shape index (κ3) is 2.88. The summed E-state index contributed by atoms with van der Waals surface area (Å²) in [6.45, 7) is 1.67. The zero-order chi connectivity index (χ0) is 15.7. The van der Waals surface area contributed by atoms with Gasteiger partial charge >= 0.3 is 6.18 Å². The van der Waals surface area contributed by atoms with Crippen molar-refractivity contribution in [1.82, 2.24) is 19.9 Å². The van der Waals surface area contributed by atoms with Crippen molar-refractivity contribution in [2.75, 3.05) is 0 Å². The van der Waals surface area contributed by atoms with Crippen molar-refractivity contribution >= 4 is 11.2 Å². The van der Waals surface area contributed by atoms with E-state index in [2.05, 4.69) is 19.9 Å². The van der Waals surface area contributed by atoms with Crippen LogP contribution in [0.4, 0.5) is 13.2 Å². The van der Waals surface area contributed by atoms with Crippen molar-refractivity contribution in [1.29, 1.82) is 0 Å². The van der Waals surface area contributed by atoms with E-state index in [1.54, 1.807) is 6.92 Å². The van der Waals surface area contributed by atoms with Gasteiger partial charge in [0, 0.05) is 6.42 Å². The maximum atomic E-state index is 12.8. The molecule has 0 fully saturated rings. The molecule has 0 saturated carbocycles. The van der Waals surface area contributed by atoms with Crippen LogP contribution in [0.3, 0.4) is 0 Å². The van der Waals surface area contributed by atoms with Crippen LogP contribution in [0.15, 0.2) is 36.5 Å². The van der Waals surface area contributed by atoms with Crippen molar-refractivity contribution in [3.63, 3.8) is 0 Å². The summed E-state index contributed by atoms with van der Waals surface area (Å²) in [5, 5.41) is 0. The second kappa shape index (κ2) is 5.32. The number of aryl methyl sites for hydroxylation is 1. The maximum Gasteiger partial charge on any atom is 0.434 e. The third-order valence-corrected chi connectivity index (χ3v) is 3.10. The zero-order valence-electron chi connectivity index (χ0n) is 11.6. The molecule has 0 unspecified atom stereocenters. The second-order valence-electron chi connectivity index (χ2n) is 4.81.